The predicted octanol–water partition coefficient (Wildman–Crippen LogP) is 3.55. The van der Waals surface area contributed by atoms with Crippen molar-refractivity contribution in [3.8, 4) is 0 Å². The number of hydrogen-bond acceptors (Lipinski definition) is 3. The van der Waals surface area contributed by atoms with Gasteiger partial charge in [-0.25, -0.2) is 4.79 Å². The minimum absolute atomic E-state index is 0.00704. The third kappa shape index (κ3) is 4.57. The first-order chi connectivity index (χ1) is 11.8. The molecule has 2 aliphatic carbocycles. The molecule has 0 amide bonds. The number of hydrogen-bond donors (Lipinski definition) is 2. The van der Waals surface area contributed by atoms with Crippen LogP contribution in [0, 0.1) is 29.6 Å². The summed E-state index contributed by atoms with van der Waals surface area (Å²) < 4.78 is 0. The Morgan fingerprint density at radius 1 is 1.32 bits per heavy atom. The molecule has 0 spiro atoms. The number of aliphatic carboxylic acids is 1. The molecule has 25 heavy (non-hydrogen) atoms. The predicted molar refractivity (Wildman–Crippen MR) is 97.9 cm³/mol. The summed E-state index contributed by atoms with van der Waals surface area (Å²) in [5.74, 6) is 0.616. The minimum Gasteiger partial charge on any atom is -0.478 e. The Morgan fingerprint density at radius 3 is 2.68 bits per heavy atom. The molecule has 0 radical (unpaired) electrons. The highest BCUT2D eigenvalue weighted by Gasteiger charge is 2.44. The number of ketones is 1. The summed E-state index contributed by atoms with van der Waals surface area (Å²) in [7, 11) is 0. The summed E-state index contributed by atoms with van der Waals surface area (Å²) >= 11 is 0. The van der Waals surface area contributed by atoms with Gasteiger partial charge in [0.25, 0.3) is 0 Å². The average Bonchev–Trinajstić information content (AvgIpc) is 2.50. The van der Waals surface area contributed by atoms with Crippen LogP contribution in [0.25, 0.3) is 0 Å². The monoisotopic (exact) mass is 344 g/mol. The number of rotatable bonds is 5. The Balaban J connectivity index is 2.41. The van der Waals surface area contributed by atoms with Crippen LogP contribution in [-0.2, 0) is 9.59 Å². The Morgan fingerprint density at radius 2 is 2.04 bits per heavy atom. The van der Waals surface area contributed by atoms with Crippen LogP contribution in [0.5, 0.6) is 0 Å². The van der Waals surface area contributed by atoms with E-state index in [1.165, 1.54) is 5.57 Å². The van der Waals surface area contributed by atoms with Gasteiger partial charge >= 0.3 is 5.97 Å². The van der Waals surface area contributed by atoms with Gasteiger partial charge in [0, 0.05) is 24.8 Å². The highest BCUT2D eigenvalue weighted by atomic mass is 16.4. The van der Waals surface area contributed by atoms with Gasteiger partial charge in [-0.2, -0.15) is 0 Å². The van der Waals surface area contributed by atoms with Crippen molar-refractivity contribution < 1.29 is 19.8 Å². The second-order valence-electron chi connectivity index (χ2n) is 7.34. The molecule has 4 heteroatoms. The number of carboxylic acids is 1. The van der Waals surface area contributed by atoms with E-state index in [1.807, 2.05) is 13.0 Å². The van der Waals surface area contributed by atoms with Crippen LogP contribution >= 0.6 is 0 Å². The van der Waals surface area contributed by atoms with Crippen molar-refractivity contribution in [3.63, 3.8) is 0 Å². The highest BCUT2D eigenvalue weighted by Crippen LogP contribution is 2.49. The second-order valence-corrected chi connectivity index (χ2v) is 7.34. The summed E-state index contributed by atoms with van der Waals surface area (Å²) in [6, 6.07) is 0. The summed E-state index contributed by atoms with van der Waals surface area (Å²) in [6.45, 7) is 6.27. The average molecular weight is 344 g/mol. The molecule has 0 aromatic carbocycles. The van der Waals surface area contributed by atoms with Crippen LogP contribution in [0.4, 0.5) is 0 Å². The van der Waals surface area contributed by atoms with Gasteiger partial charge in [0.1, 0.15) is 5.78 Å². The Hall–Kier alpha value is -1.94. The number of fused-ring (bicyclic) bond motifs is 1. The third-order valence-corrected chi connectivity index (χ3v) is 5.55. The molecule has 2 aliphatic rings. The second kappa shape index (κ2) is 8.43. The fourth-order valence-corrected chi connectivity index (χ4v) is 4.70. The summed E-state index contributed by atoms with van der Waals surface area (Å²) in [4.78, 5) is 22.7. The number of carbonyl (C=O) groups is 2. The van der Waals surface area contributed by atoms with Crippen LogP contribution in [-0.4, -0.2) is 28.6 Å². The van der Waals surface area contributed by atoms with Crippen molar-refractivity contribution in [1.82, 2.24) is 0 Å². The number of Topliss-reactive ketones (excluding diaryl/α,β-unsaturated/α-hetero) is 1. The fourth-order valence-electron chi connectivity index (χ4n) is 4.70. The van der Waals surface area contributed by atoms with Crippen LogP contribution in [0.3, 0.4) is 0 Å². The number of carbonyl (C=O) groups excluding carboxylic acids is 1. The largest absolute Gasteiger partial charge is 0.478 e. The molecule has 2 N–H and O–H groups in total. The van der Waals surface area contributed by atoms with Crippen molar-refractivity contribution in [1.29, 1.82) is 0 Å². The van der Waals surface area contributed by atoms with E-state index in [1.54, 1.807) is 12.2 Å². The summed E-state index contributed by atoms with van der Waals surface area (Å²) in [5.41, 5.74) is 2.35. The zero-order valence-corrected chi connectivity index (χ0v) is 15.2. The van der Waals surface area contributed by atoms with Gasteiger partial charge in [-0.1, -0.05) is 48.5 Å². The molecule has 0 aliphatic heterocycles. The molecule has 0 heterocycles. The lowest BCUT2D eigenvalue weighted by Crippen LogP contribution is -2.41. The molecule has 1 saturated carbocycles. The van der Waals surface area contributed by atoms with Crippen molar-refractivity contribution in [2.75, 3.05) is 6.61 Å². The highest BCUT2D eigenvalue weighted by molar-refractivity contribution is 5.80. The number of carboxylic acid groups (broad SMARTS) is 1. The van der Waals surface area contributed by atoms with Gasteiger partial charge in [-0.15, -0.1) is 0 Å². The molecule has 5 atom stereocenters. The maximum Gasteiger partial charge on any atom is 0.328 e. The normalized spacial score (nSPS) is 33.6. The Kier molecular flexibility index (Phi) is 6.54. The van der Waals surface area contributed by atoms with E-state index in [0.717, 1.165) is 11.6 Å². The molecular weight excluding hydrogens is 316 g/mol. The smallest absolute Gasteiger partial charge is 0.328 e. The van der Waals surface area contributed by atoms with Crippen molar-refractivity contribution >= 4 is 11.8 Å². The van der Waals surface area contributed by atoms with E-state index >= 15 is 0 Å². The zero-order valence-electron chi connectivity index (χ0n) is 15.2. The first-order valence-corrected chi connectivity index (χ1v) is 8.90. The first kappa shape index (κ1) is 19.4. The lowest BCUT2D eigenvalue weighted by Gasteiger charge is -2.46. The number of aliphatic hydroxyl groups excluding tert-OH is 1. The van der Waals surface area contributed by atoms with Crippen LogP contribution in [0.1, 0.15) is 33.6 Å². The van der Waals surface area contributed by atoms with Gasteiger partial charge in [-0.05, 0) is 37.5 Å². The lowest BCUT2D eigenvalue weighted by atomic mass is 9.57. The fraction of sp³-hybridized carbons (Fsp3) is 0.524. The van der Waals surface area contributed by atoms with Crippen molar-refractivity contribution in [2.45, 2.75) is 33.6 Å². The number of aliphatic hydroxyl groups is 1. The number of allylic oxidation sites excluding steroid dienone is 6. The minimum atomic E-state index is -0.966. The van der Waals surface area contributed by atoms with Gasteiger partial charge in [0.05, 0.1) is 6.61 Å². The van der Waals surface area contributed by atoms with Gasteiger partial charge in [0.15, 0.2) is 0 Å². The summed E-state index contributed by atoms with van der Waals surface area (Å²) in [5, 5.41) is 18.1. The van der Waals surface area contributed by atoms with Crippen molar-refractivity contribution in [2.24, 2.45) is 29.6 Å². The van der Waals surface area contributed by atoms with E-state index < -0.39 is 5.97 Å². The maximum atomic E-state index is 12.0. The Bertz CT molecular complexity index is 638. The van der Waals surface area contributed by atoms with Crippen LogP contribution in [0.2, 0.25) is 0 Å². The van der Waals surface area contributed by atoms with Gasteiger partial charge in [0.2, 0.25) is 0 Å². The maximum absolute atomic E-state index is 12.0. The molecule has 0 aromatic heterocycles. The van der Waals surface area contributed by atoms with Crippen molar-refractivity contribution in [3.05, 3.63) is 47.6 Å². The topological polar surface area (TPSA) is 74.6 Å². The van der Waals surface area contributed by atoms with E-state index in [4.69, 9.17) is 5.11 Å². The third-order valence-electron chi connectivity index (χ3n) is 5.55. The zero-order chi connectivity index (χ0) is 18.6. The first-order valence-electron chi connectivity index (χ1n) is 8.90. The molecule has 1 fully saturated rings. The van der Waals surface area contributed by atoms with E-state index in [9.17, 15) is 14.7 Å². The van der Waals surface area contributed by atoms with E-state index in [-0.39, 0.29) is 30.3 Å². The van der Waals surface area contributed by atoms with Gasteiger partial charge in [-0.3, -0.25) is 4.79 Å². The molecule has 4 nitrogen and oxygen atoms in total. The molecule has 0 unspecified atom stereocenters. The SMILES string of the molecule is CC1=C[C@@H]2CC(=O)C[C@H](C)[C@H]2[C@H](/C=C/C=C/C(=O)O)[C@@H]1/C(C)=C/CO. The molecular formula is C21H28O4. The quantitative estimate of drug-likeness (QED) is 0.454. The molecule has 0 aromatic rings. The molecule has 2 rings (SSSR count). The lowest BCUT2D eigenvalue weighted by molar-refractivity contribution is -0.131. The summed E-state index contributed by atoms with van der Waals surface area (Å²) in [6.07, 6.45) is 11.8. The van der Waals surface area contributed by atoms with Crippen LogP contribution in [0.15, 0.2) is 47.6 Å². The standard InChI is InChI=1S/C21H28O4/c1-13(8-9-22)20-14(2)10-16-12-17(23)11-15(3)21(16)18(20)6-4-5-7-19(24)25/h4-8,10,15-16,18,20-22H,9,11-12H2,1-3H3,(H,24,25)/b6-4+,7-5+,13-8+/t15-,16+,18+,20+,21+/m0/s1. The molecule has 136 valence electrons. The molecule has 0 saturated heterocycles. The van der Waals surface area contributed by atoms with E-state index in [0.29, 0.717) is 24.5 Å². The Labute approximate surface area is 149 Å². The van der Waals surface area contributed by atoms with Gasteiger partial charge < -0.3 is 10.2 Å². The van der Waals surface area contributed by atoms with E-state index in [2.05, 4.69) is 26.0 Å². The van der Waals surface area contributed by atoms with Crippen LogP contribution < -0.4 is 0 Å². The molecule has 0 bridgehead atoms.